The van der Waals surface area contributed by atoms with Gasteiger partial charge >= 0.3 is 57.8 Å². The van der Waals surface area contributed by atoms with Gasteiger partial charge in [-0.3, -0.25) is 0 Å². The second-order valence-corrected chi connectivity index (χ2v) is 5.54. The fourth-order valence-corrected chi connectivity index (χ4v) is 0.433. The van der Waals surface area contributed by atoms with E-state index >= 15 is 0 Å². The molecular formula is C14H32O3Sn2+4. The molecule has 0 radical (unpaired) electrons. The normalized spacial score (nSPS) is 7.63. The van der Waals surface area contributed by atoms with Crippen molar-refractivity contribution in [1.29, 1.82) is 0 Å². The van der Waals surface area contributed by atoms with Gasteiger partial charge in [0.15, 0.2) is 0 Å². The molecule has 19 heavy (non-hydrogen) atoms. The van der Waals surface area contributed by atoms with Crippen molar-refractivity contribution in [3.8, 4) is 0 Å². The van der Waals surface area contributed by atoms with Gasteiger partial charge in [-0.05, 0) is 0 Å². The Labute approximate surface area is 151 Å². The molecule has 0 aromatic carbocycles. The van der Waals surface area contributed by atoms with Crippen LogP contribution in [0.3, 0.4) is 0 Å². The molecule has 0 aromatic rings. The Morgan fingerprint density at radius 3 is 0.789 bits per heavy atom. The van der Waals surface area contributed by atoms with Crippen LogP contribution in [0.5, 0.6) is 0 Å². The van der Waals surface area contributed by atoms with Crippen LogP contribution in [0.15, 0.2) is 0 Å². The molecule has 0 heterocycles. The monoisotopic (exact) mass is 488 g/mol. The summed E-state index contributed by atoms with van der Waals surface area (Å²) in [7, 11) is 0. The summed E-state index contributed by atoms with van der Waals surface area (Å²) in [4.78, 5) is 0. The molecule has 0 aliphatic heterocycles. The Kier molecular flexibility index (Phi) is 86.2. The van der Waals surface area contributed by atoms with Gasteiger partial charge in [-0.1, -0.05) is 59.3 Å². The van der Waals surface area contributed by atoms with Gasteiger partial charge in [-0.25, -0.2) is 0 Å². The average molecular weight is 486 g/mol. The van der Waals surface area contributed by atoms with E-state index in [0.717, 1.165) is 38.5 Å². The molecular weight excluding hydrogens is 454 g/mol. The zero-order valence-corrected chi connectivity index (χ0v) is 19.0. The zero-order valence-electron chi connectivity index (χ0n) is 13.3. The summed E-state index contributed by atoms with van der Waals surface area (Å²) in [6.07, 6.45) is 5.59. The fourth-order valence-electron chi connectivity index (χ4n) is 0.433. The summed E-state index contributed by atoms with van der Waals surface area (Å²) in [5.41, 5.74) is 0. The van der Waals surface area contributed by atoms with Gasteiger partial charge in [-0.15, -0.1) is 19.8 Å². The van der Waals surface area contributed by atoms with Gasteiger partial charge in [-0.2, -0.15) is 0 Å². The summed E-state index contributed by atoms with van der Waals surface area (Å²) < 4.78 is 1.34. The Balaban J connectivity index is -0.0000000458. The van der Waals surface area contributed by atoms with Gasteiger partial charge in [0.2, 0.25) is 0 Å². The molecule has 0 N–H and O–H groups in total. The van der Waals surface area contributed by atoms with Crippen molar-refractivity contribution in [2.75, 3.05) is 19.8 Å². The average Bonchev–Trinajstić information content (AvgIpc) is 2.35. The molecule has 0 saturated heterocycles. The van der Waals surface area contributed by atoms with Crippen molar-refractivity contribution < 1.29 is 15.3 Å². The van der Waals surface area contributed by atoms with Crippen molar-refractivity contribution in [2.45, 2.75) is 70.7 Å². The van der Waals surface area contributed by atoms with Gasteiger partial charge in [0, 0.05) is 0 Å². The topological polar surface area (TPSA) is 69.2 Å². The smallest absolute Gasteiger partial charge is 4.00 e. The first-order valence-corrected chi connectivity index (χ1v) is 9.07. The number of rotatable bonds is 6. The third-order valence-electron chi connectivity index (χ3n) is 1.49. The van der Waals surface area contributed by atoms with Crippen molar-refractivity contribution >= 4 is 46.4 Å². The fraction of sp³-hybridized carbons (Fsp3) is 1.00. The van der Waals surface area contributed by atoms with Crippen LogP contribution < -0.4 is 15.3 Å². The standard InChI is InChI=1S/3C4H9O.C2H5.2Sn/c3*1-2-3-4-5;1-2;;/h3*2-4H2,1H3;1H2,2H3;;/q3*-1;;+3;+4. The molecule has 0 amide bonds. The van der Waals surface area contributed by atoms with E-state index in [2.05, 4.69) is 6.92 Å². The molecule has 0 unspecified atom stereocenters. The minimum absolute atomic E-state index is 0. The third-order valence-corrected chi connectivity index (χ3v) is 1.49. The van der Waals surface area contributed by atoms with Gasteiger partial charge in [0.1, 0.15) is 0 Å². The summed E-state index contributed by atoms with van der Waals surface area (Å²) >= 11 is 1.64. The molecule has 0 rings (SSSR count). The Bertz CT molecular complexity index is 66.8. The van der Waals surface area contributed by atoms with Crippen LogP contribution in [0.2, 0.25) is 4.44 Å². The maximum absolute atomic E-state index is 9.53. The molecule has 3 nitrogen and oxygen atoms in total. The van der Waals surface area contributed by atoms with Crippen LogP contribution in [-0.4, -0.2) is 66.3 Å². The molecule has 0 bridgehead atoms. The van der Waals surface area contributed by atoms with Crippen LogP contribution in [0.4, 0.5) is 0 Å². The molecule has 110 valence electrons. The molecule has 0 aliphatic carbocycles. The summed E-state index contributed by atoms with van der Waals surface area (Å²) in [5.74, 6) is 0. The van der Waals surface area contributed by atoms with Crippen LogP contribution in [0.25, 0.3) is 0 Å². The summed E-state index contributed by atoms with van der Waals surface area (Å²) in [6.45, 7) is 8.48. The van der Waals surface area contributed by atoms with Crippen molar-refractivity contribution in [3.05, 3.63) is 0 Å². The van der Waals surface area contributed by atoms with E-state index < -0.39 is 0 Å². The Morgan fingerprint density at radius 2 is 0.789 bits per heavy atom. The number of unbranched alkanes of at least 4 members (excludes halogenated alkanes) is 3. The summed E-state index contributed by atoms with van der Waals surface area (Å²) in [6, 6.07) is 0. The first-order valence-electron chi connectivity index (χ1n) is 7.05. The van der Waals surface area contributed by atoms with E-state index in [1.165, 1.54) is 4.44 Å². The Morgan fingerprint density at radius 1 is 0.632 bits per heavy atom. The molecule has 0 spiro atoms. The van der Waals surface area contributed by atoms with Crippen LogP contribution in [0.1, 0.15) is 66.2 Å². The first kappa shape index (κ1) is 32.4. The minimum Gasteiger partial charge on any atom is 4.00 e. The molecule has 5 heteroatoms. The van der Waals surface area contributed by atoms with Crippen LogP contribution >= 0.6 is 0 Å². The maximum Gasteiger partial charge on any atom is 4.00 e. The molecule has 0 atom stereocenters. The molecule has 0 saturated carbocycles. The second-order valence-electron chi connectivity index (χ2n) is 3.53. The third kappa shape index (κ3) is 106. The van der Waals surface area contributed by atoms with E-state index in [0.29, 0.717) is 0 Å². The van der Waals surface area contributed by atoms with Crippen LogP contribution in [0, 0.1) is 0 Å². The quantitative estimate of drug-likeness (QED) is 0.519. The van der Waals surface area contributed by atoms with Crippen molar-refractivity contribution in [1.82, 2.24) is 0 Å². The number of hydrogen-bond acceptors (Lipinski definition) is 3. The van der Waals surface area contributed by atoms with E-state index in [4.69, 9.17) is 0 Å². The van der Waals surface area contributed by atoms with Gasteiger partial charge in [0.25, 0.3) is 0 Å². The SMILES string of the molecule is CCCC[O-].CCCC[O-].CCCC[O-].C[CH2][Sn+3].[Sn+4]. The summed E-state index contributed by atoms with van der Waals surface area (Å²) in [5, 5.41) is 28.6. The van der Waals surface area contributed by atoms with E-state index in [1.807, 2.05) is 20.8 Å². The van der Waals surface area contributed by atoms with E-state index in [-0.39, 0.29) is 43.7 Å². The van der Waals surface area contributed by atoms with Gasteiger partial charge < -0.3 is 15.3 Å². The maximum atomic E-state index is 9.53. The van der Waals surface area contributed by atoms with Crippen molar-refractivity contribution in [3.63, 3.8) is 0 Å². The predicted molar refractivity (Wildman–Crippen MR) is 81.3 cm³/mol. The van der Waals surface area contributed by atoms with Gasteiger partial charge in [0.05, 0.1) is 0 Å². The second kappa shape index (κ2) is 50.5. The Hall–Kier alpha value is 1.48. The predicted octanol–water partition coefficient (Wildman–Crippen LogP) is 0.653. The first-order chi connectivity index (χ1) is 8.66. The van der Waals surface area contributed by atoms with E-state index in [9.17, 15) is 15.3 Å². The van der Waals surface area contributed by atoms with Crippen molar-refractivity contribution in [2.24, 2.45) is 0 Å². The number of hydrogen-bond donors (Lipinski definition) is 0. The van der Waals surface area contributed by atoms with E-state index in [1.54, 1.807) is 22.5 Å². The largest absolute Gasteiger partial charge is 4.00 e. The zero-order chi connectivity index (χ0) is 15.1. The molecule has 0 aromatic heterocycles. The molecule has 0 fully saturated rings. The molecule has 0 aliphatic rings. The minimum atomic E-state index is 0. The van der Waals surface area contributed by atoms with Crippen LogP contribution in [-0.2, 0) is 0 Å².